The molecule has 3 rings (SSSR count). The Kier molecular flexibility index (Phi) is 5.43. The van der Waals surface area contributed by atoms with Crippen LogP contribution >= 0.6 is 12.2 Å². The molecule has 25 heavy (non-hydrogen) atoms. The fourth-order valence-corrected chi connectivity index (χ4v) is 3.33. The normalized spacial score (nSPS) is 15.6. The van der Waals surface area contributed by atoms with E-state index in [1.807, 2.05) is 24.3 Å². The molecule has 0 fully saturated rings. The topological polar surface area (TPSA) is 33.7 Å². The average Bonchev–Trinajstić information content (AvgIpc) is 2.58. The molecule has 0 aliphatic carbocycles. The van der Waals surface area contributed by atoms with Gasteiger partial charge in [-0.3, -0.25) is 0 Å². The van der Waals surface area contributed by atoms with Crippen molar-refractivity contribution in [1.82, 2.24) is 4.90 Å². The molecule has 0 aromatic heterocycles. The van der Waals surface area contributed by atoms with Gasteiger partial charge in [-0.2, -0.15) is 0 Å². The van der Waals surface area contributed by atoms with Gasteiger partial charge in [0.25, 0.3) is 0 Å². The summed E-state index contributed by atoms with van der Waals surface area (Å²) < 4.78 is 11.8. The standard InChI is InChI=1S/C20H24N2O2S/c1-4-22(20(25)21-16-10-14(2)9-15(3)11-16)12-17-13-23-18-7-5-6-8-19(18)24-17/h5-11,17H,4,12-13H2,1-3H3,(H,21,25)/t17-/m0/s1. The molecule has 1 aliphatic heterocycles. The molecule has 2 aromatic rings. The number of fused-ring (bicyclic) bond motifs is 1. The van der Waals surface area contributed by atoms with E-state index in [4.69, 9.17) is 21.7 Å². The number of hydrogen-bond acceptors (Lipinski definition) is 3. The highest BCUT2D eigenvalue weighted by Crippen LogP contribution is 2.31. The Morgan fingerprint density at radius 3 is 2.52 bits per heavy atom. The summed E-state index contributed by atoms with van der Waals surface area (Å²) in [6.45, 7) is 8.28. The van der Waals surface area contributed by atoms with Crippen molar-refractivity contribution < 1.29 is 9.47 Å². The number of anilines is 1. The number of likely N-dealkylation sites (N-methyl/N-ethyl adjacent to an activating group) is 1. The molecule has 0 spiro atoms. The Hall–Kier alpha value is -2.27. The third kappa shape index (κ3) is 4.42. The van der Waals surface area contributed by atoms with Crippen molar-refractivity contribution >= 4 is 23.0 Å². The van der Waals surface area contributed by atoms with E-state index in [1.165, 1.54) is 11.1 Å². The number of hydrogen-bond donors (Lipinski definition) is 1. The largest absolute Gasteiger partial charge is 0.486 e. The fraction of sp³-hybridized carbons (Fsp3) is 0.350. The first-order valence-corrected chi connectivity index (χ1v) is 8.98. The van der Waals surface area contributed by atoms with Gasteiger partial charge in [0.2, 0.25) is 0 Å². The molecule has 1 atom stereocenters. The quantitative estimate of drug-likeness (QED) is 0.832. The average molecular weight is 356 g/mol. The lowest BCUT2D eigenvalue weighted by Gasteiger charge is -2.32. The molecule has 5 heteroatoms. The highest BCUT2D eigenvalue weighted by Gasteiger charge is 2.23. The Labute approximate surface area is 154 Å². The molecule has 0 saturated carbocycles. The van der Waals surface area contributed by atoms with Crippen LogP contribution in [0.25, 0.3) is 0 Å². The minimum atomic E-state index is -0.0474. The summed E-state index contributed by atoms with van der Waals surface area (Å²) >= 11 is 5.61. The van der Waals surface area contributed by atoms with Gasteiger partial charge in [-0.25, -0.2) is 0 Å². The molecule has 1 N–H and O–H groups in total. The maximum absolute atomic E-state index is 6.05. The van der Waals surface area contributed by atoms with E-state index < -0.39 is 0 Å². The number of nitrogens with zero attached hydrogens (tertiary/aromatic N) is 1. The van der Waals surface area contributed by atoms with Crippen molar-refractivity contribution in [1.29, 1.82) is 0 Å². The lowest BCUT2D eigenvalue weighted by molar-refractivity contribution is 0.0754. The number of rotatable bonds is 4. The van der Waals surface area contributed by atoms with Gasteiger partial charge in [-0.1, -0.05) is 18.2 Å². The van der Waals surface area contributed by atoms with Gasteiger partial charge >= 0.3 is 0 Å². The van der Waals surface area contributed by atoms with E-state index in [0.29, 0.717) is 18.3 Å². The molecular weight excluding hydrogens is 332 g/mol. The molecule has 0 unspecified atom stereocenters. The van der Waals surface area contributed by atoms with Crippen molar-refractivity contribution in [3.8, 4) is 11.5 Å². The Balaban J connectivity index is 1.63. The Bertz CT molecular complexity index is 743. The molecule has 4 nitrogen and oxygen atoms in total. The number of ether oxygens (including phenoxy) is 2. The third-order valence-electron chi connectivity index (χ3n) is 4.13. The summed E-state index contributed by atoms with van der Waals surface area (Å²) in [5.41, 5.74) is 3.45. The monoisotopic (exact) mass is 356 g/mol. The molecule has 0 amide bonds. The summed E-state index contributed by atoms with van der Waals surface area (Å²) in [6.07, 6.45) is -0.0474. The zero-order valence-electron chi connectivity index (χ0n) is 14.9. The highest BCUT2D eigenvalue weighted by molar-refractivity contribution is 7.80. The first-order chi connectivity index (χ1) is 12.0. The predicted octanol–water partition coefficient (Wildman–Crippen LogP) is 4.16. The second-order valence-corrected chi connectivity index (χ2v) is 6.73. The van der Waals surface area contributed by atoms with E-state index in [-0.39, 0.29) is 6.10 Å². The van der Waals surface area contributed by atoms with E-state index in [0.717, 1.165) is 23.7 Å². The molecule has 132 valence electrons. The lowest BCUT2D eigenvalue weighted by atomic mass is 10.1. The first-order valence-electron chi connectivity index (χ1n) is 8.58. The van der Waals surface area contributed by atoms with Crippen LogP contribution in [0.3, 0.4) is 0 Å². The number of aryl methyl sites for hydroxylation is 2. The van der Waals surface area contributed by atoms with Crippen LogP contribution in [-0.2, 0) is 0 Å². The van der Waals surface area contributed by atoms with Crippen molar-refractivity contribution in [3.63, 3.8) is 0 Å². The van der Waals surface area contributed by atoms with E-state index >= 15 is 0 Å². The lowest BCUT2D eigenvalue weighted by Crippen LogP contribution is -2.45. The molecule has 0 bridgehead atoms. The van der Waals surface area contributed by atoms with Crippen molar-refractivity contribution in [2.24, 2.45) is 0 Å². The third-order valence-corrected chi connectivity index (χ3v) is 4.49. The maximum atomic E-state index is 6.05. The molecule has 2 aromatic carbocycles. The van der Waals surface area contributed by atoms with Crippen LogP contribution in [0.15, 0.2) is 42.5 Å². The van der Waals surface area contributed by atoms with Crippen molar-refractivity contribution in [2.75, 3.05) is 25.0 Å². The number of para-hydroxylation sites is 2. The molecular formula is C20H24N2O2S. The summed E-state index contributed by atoms with van der Waals surface area (Å²) in [6, 6.07) is 14.1. The van der Waals surface area contributed by atoms with E-state index in [9.17, 15) is 0 Å². The first kappa shape index (κ1) is 17.5. The molecule has 0 saturated heterocycles. The smallest absolute Gasteiger partial charge is 0.173 e. The van der Waals surface area contributed by atoms with Crippen LogP contribution in [-0.4, -0.2) is 35.8 Å². The van der Waals surface area contributed by atoms with Crippen LogP contribution < -0.4 is 14.8 Å². The predicted molar refractivity (Wildman–Crippen MR) is 106 cm³/mol. The van der Waals surface area contributed by atoms with Gasteiger partial charge in [-0.15, -0.1) is 0 Å². The summed E-state index contributed by atoms with van der Waals surface area (Å²) in [7, 11) is 0. The summed E-state index contributed by atoms with van der Waals surface area (Å²) in [5, 5.41) is 4.05. The van der Waals surface area contributed by atoms with Crippen LogP contribution in [0, 0.1) is 13.8 Å². The highest BCUT2D eigenvalue weighted by atomic mass is 32.1. The second-order valence-electron chi connectivity index (χ2n) is 6.34. The van der Waals surface area contributed by atoms with Gasteiger partial charge < -0.3 is 19.7 Å². The van der Waals surface area contributed by atoms with Gasteiger partial charge in [-0.05, 0) is 68.4 Å². The van der Waals surface area contributed by atoms with Gasteiger partial charge in [0.05, 0.1) is 6.54 Å². The fourth-order valence-electron chi connectivity index (χ4n) is 3.00. The van der Waals surface area contributed by atoms with Crippen LogP contribution in [0.1, 0.15) is 18.1 Å². The van der Waals surface area contributed by atoms with Crippen LogP contribution in [0.4, 0.5) is 5.69 Å². The maximum Gasteiger partial charge on any atom is 0.173 e. The molecule has 0 radical (unpaired) electrons. The minimum Gasteiger partial charge on any atom is -0.486 e. The SMILES string of the molecule is CCN(C[C@H]1COc2ccccc2O1)C(=S)Nc1cc(C)cc(C)c1. The van der Waals surface area contributed by atoms with E-state index in [1.54, 1.807) is 0 Å². The van der Waals surface area contributed by atoms with Crippen LogP contribution in [0.2, 0.25) is 0 Å². The molecule has 1 heterocycles. The van der Waals surface area contributed by atoms with Crippen molar-refractivity contribution in [3.05, 3.63) is 53.6 Å². The summed E-state index contributed by atoms with van der Waals surface area (Å²) in [5.74, 6) is 1.60. The Morgan fingerprint density at radius 2 is 1.84 bits per heavy atom. The Morgan fingerprint density at radius 1 is 1.16 bits per heavy atom. The van der Waals surface area contributed by atoms with E-state index in [2.05, 4.69) is 49.2 Å². The second kappa shape index (κ2) is 7.74. The van der Waals surface area contributed by atoms with Gasteiger partial charge in [0.15, 0.2) is 22.7 Å². The number of benzene rings is 2. The minimum absolute atomic E-state index is 0.0474. The van der Waals surface area contributed by atoms with Gasteiger partial charge in [0, 0.05) is 12.2 Å². The zero-order chi connectivity index (χ0) is 17.8. The number of thiocarbonyl (C=S) groups is 1. The zero-order valence-corrected chi connectivity index (χ0v) is 15.7. The molecule has 1 aliphatic rings. The summed E-state index contributed by atoms with van der Waals surface area (Å²) in [4.78, 5) is 2.11. The van der Waals surface area contributed by atoms with Gasteiger partial charge in [0.1, 0.15) is 6.61 Å². The van der Waals surface area contributed by atoms with Crippen LogP contribution in [0.5, 0.6) is 11.5 Å². The van der Waals surface area contributed by atoms with Crippen molar-refractivity contribution in [2.45, 2.75) is 26.9 Å². The number of nitrogens with one attached hydrogen (secondary N) is 1.